The Kier molecular flexibility index (Phi) is 9.03. The van der Waals surface area contributed by atoms with Crippen molar-refractivity contribution in [3.63, 3.8) is 0 Å². The van der Waals surface area contributed by atoms with Gasteiger partial charge in [-0.2, -0.15) is 5.10 Å². The molecule has 0 fully saturated rings. The minimum absolute atomic E-state index is 0. The van der Waals surface area contributed by atoms with Gasteiger partial charge in [0.25, 0.3) is 0 Å². The summed E-state index contributed by atoms with van der Waals surface area (Å²) >= 11 is 0. The Morgan fingerprint density at radius 2 is 2.00 bits per heavy atom. The summed E-state index contributed by atoms with van der Waals surface area (Å²) in [6.45, 7) is 2.75. The molecular weight excluding hydrogens is 503 g/mol. The molecule has 2 N–H and O–H groups in total. The van der Waals surface area contributed by atoms with Crippen LogP contribution in [0.4, 0.5) is 8.78 Å². The van der Waals surface area contributed by atoms with E-state index in [2.05, 4.69) is 26.8 Å². The summed E-state index contributed by atoms with van der Waals surface area (Å²) in [5.74, 6) is -0.946. The van der Waals surface area contributed by atoms with Gasteiger partial charge in [-0.1, -0.05) is 12.1 Å². The van der Waals surface area contributed by atoms with E-state index in [1.165, 1.54) is 6.07 Å². The zero-order chi connectivity index (χ0) is 20.6. The second kappa shape index (κ2) is 11.5. The van der Waals surface area contributed by atoms with Crippen molar-refractivity contribution >= 4 is 29.9 Å². The molecule has 6 nitrogen and oxygen atoms in total. The van der Waals surface area contributed by atoms with Gasteiger partial charge in [0.1, 0.15) is 12.4 Å². The number of hydrogen-bond donors (Lipinski definition) is 2. The zero-order valence-corrected chi connectivity index (χ0v) is 19.0. The van der Waals surface area contributed by atoms with Gasteiger partial charge in [0, 0.05) is 25.5 Å². The molecule has 0 aliphatic carbocycles. The molecule has 2 aromatic carbocycles. The fourth-order valence-corrected chi connectivity index (χ4v) is 2.75. The van der Waals surface area contributed by atoms with Gasteiger partial charge in [-0.05, 0) is 42.8 Å². The monoisotopic (exact) mass is 527 g/mol. The van der Waals surface area contributed by atoms with Crippen molar-refractivity contribution in [1.29, 1.82) is 0 Å². The zero-order valence-electron chi connectivity index (χ0n) is 16.7. The first-order valence-corrected chi connectivity index (χ1v) is 9.22. The van der Waals surface area contributed by atoms with Crippen LogP contribution in [0.15, 0.2) is 65.9 Å². The van der Waals surface area contributed by atoms with Gasteiger partial charge in [0.05, 0.1) is 18.3 Å². The highest BCUT2D eigenvalue weighted by atomic mass is 127. The lowest BCUT2D eigenvalue weighted by atomic mass is 10.1. The maximum atomic E-state index is 13.2. The minimum Gasteiger partial charge on any atom is -0.492 e. The Labute approximate surface area is 191 Å². The van der Waals surface area contributed by atoms with Crippen LogP contribution in [0.1, 0.15) is 18.5 Å². The molecule has 0 spiro atoms. The van der Waals surface area contributed by atoms with Crippen molar-refractivity contribution in [1.82, 2.24) is 20.4 Å². The maximum absolute atomic E-state index is 13.2. The molecule has 0 radical (unpaired) electrons. The molecule has 160 valence electrons. The summed E-state index contributed by atoms with van der Waals surface area (Å²) in [6.07, 6.45) is 3.63. The van der Waals surface area contributed by atoms with E-state index in [1.54, 1.807) is 17.9 Å². The molecule has 1 aromatic heterocycles. The van der Waals surface area contributed by atoms with Gasteiger partial charge in [0.15, 0.2) is 17.6 Å². The lowest BCUT2D eigenvalue weighted by Crippen LogP contribution is -2.40. The van der Waals surface area contributed by atoms with Crippen LogP contribution < -0.4 is 15.4 Å². The number of hydrogen-bond acceptors (Lipinski definition) is 3. The van der Waals surface area contributed by atoms with Crippen molar-refractivity contribution in [3.05, 3.63) is 78.1 Å². The van der Waals surface area contributed by atoms with Crippen molar-refractivity contribution in [2.45, 2.75) is 13.0 Å². The standard InChI is InChI=1S/C21H23F2N5O.HI/c1-15(16-5-3-6-17(13-16)28-11-4-9-26-28)27-21(24-2)25-10-12-29-18-7-8-19(22)20(23)14-18;/h3-9,11,13-15H,10,12H2,1-2H3,(H2,24,25,27);1H. The van der Waals surface area contributed by atoms with E-state index in [0.717, 1.165) is 23.4 Å². The molecule has 9 heteroatoms. The van der Waals surface area contributed by atoms with Gasteiger partial charge in [0.2, 0.25) is 0 Å². The largest absolute Gasteiger partial charge is 0.492 e. The highest BCUT2D eigenvalue weighted by molar-refractivity contribution is 14.0. The number of aliphatic imine (C=N–C) groups is 1. The molecule has 0 aliphatic rings. The van der Waals surface area contributed by atoms with E-state index in [-0.39, 0.29) is 42.4 Å². The summed E-state index contributed by atoms with van der Waals surface area (Å²) in [4.78, 5) is 4.21. The first-order chi connectivity index (χ1) is 14.1. The van der Waals surface area contributed by atoms with Gasteiger partial charge >= 0.3 is 0 Å². The third kappa shape index (κ3) is 6.41. The maximum Gasteiger partial charge on any atom is 0.191 e. The average molecular weight is 527 g/mol. The minimum atomic E-state index is -0.931. The molecule has 0 saturated carbocycles. The van der Waals surface area contributed by atoms with Gasteiger partial charge in [-0.15, -0.1) is 24.0 Å². The number of nitrogens with zero attached hydrogens (tertiary/aromatic N) is 3. The van der Waals surface area contributed by atoms with Crippen LogP contribution in [0.2, 0.25) is 0 Å². The number of rotatable bonds is 7. The third-order valence-corrected chi connectivity index (χ3v) is 4.27. The number of benzene rings is 2. The predicted octanol–water partition coefficient (Wildman–Crippen LogP) is 4.07. The smallest absolute Gasteiger partial charge is 0.191 e. The van der Waals surface area contributed by atoms with E-state index in [9.17, 15) is 8.78 Å². The molecule has 1 atom stereocenters. The molecule has 1 heterocycles. The number of aromatic nitrogens is 2. The van der Waals surface area contributed by atoms with Crippen LogP contribution in [0.3, 0.4) is 0 Å². The van der Waals surface area contributed by atoms with Crippen LogP contribution in [0, 0.1) is 11.6 Å². The van der Waals surface area contributed by atoms with E-state index in [1.807, 2.05) is 37.4 Å². The van der Waals surface area contributed by atoms with E-state index >= 15 is 0 Å². The van der Waals surface area contributed by atoms with Crippen LogP contribution in [-0.2, 0) is 0 Å². The number of ether oxygens (including phenoxy) is 1. The Hall–Kier alpha value is -2.69. The second-order valence-electron chi connectivity index (χ2n) is 6.34. The molecule has 0 amide bonds. The topological polar surface area (TPSA) is 63.5 Å². The van der Waals surface area contributed by atoms with Gasteiger partial charge < -0.3 is 15.4 Å². The molecule has 0 bridgehead atoms. The van der Waals surface area contributed by atoms with Crippen LogP contribution in [0.25, 0.3) is 5.69 Å². The van der Waals surface area contributed by atoms with Crippen molar-refractivity contribution < 1.29 is 13.5 Å². The molecule has 0 saturated heterocycles. The second-order valence-corrected chi connectivity index (χ2v) is 6.34. The van der Waals surface area contributed by atoms with Gasteiger partial charge in [-0.25, -0.2) is 13.5 Å². The highest BCUT2D eigenvalue weighted by Gasteiger charge is 2.09. The Morgan fingerprint density at radius 1 is 1.17 bits per heavy atom. The first-order valence-electron chi connectivity index (χ1n) is 9.22. The highest BCUT2D eigenvalue weighted by Crippen LogP contribution is 2.17. The normalized spacial score (nSPS) is 12.1. The van der Waals surface area contributed by atoms with Gasteiger partial charge in [-0.3, -0.25) is 4.99 Å². The summed E-state index contributed by atoms with van der Waals surface area (Å²) in [6, 6.07) is 13.4. The first kappa shape index (κ1) is 23.6. The molecule has 30 heavy (non-hydrogen) atoms. The lowest BCUT2D eigenvalue weighted by molar-refractivity contribution is 0.318. The number of halogens is 3. The molecule has 0 aliphatic heterocycles. The molecule has 3 rings (SSSR count). The SMILES string of the molecule is CN=C(NCCOc1ccc(F)c(F)c1)NC(C)c1cccc(-n2cccn2)c1.I. The summed E-state index contributed by atoms with van der Waals surface area (Å²) in [5, 5.41) is 10.7. The average Bonchev–Trinajstić information content (AvgIpc) is 3.27. The van der Waals surface area contributed by atoms with Crippen molar-refractivity contribution in [2.75, 3.05) is 20.2 Å². The Morgan fingerprint density at radius 3 is 2.70 bits per heavy atom. The number of nitrogens with one attached hydrogen (secondary N) is 2. The number of guanidine groups is 1. The Bertz CT molecular complexity index is 966. The Balaban J connectivity index is 0.00000320. The van der Waals surface area contributed by atoms with Crippen LogP contribution in [0.5, 0.6) is 5.75 Å². The third-order valence-electron chi connectivity index (χ3n) is 4.27. The van der Waals surface area contributed by atoms with Crippen LogP contribution in [-0.4, -0.2) is 35.9 Å². The molecule has 3 aromatic rings. The van der Waals surface area contributed by atoms with E-state index < -0.39 is 11.6 Å². The molecule has 1 unspecified atom stereocenters. The van der Waals surface area contributed by atoms with E-state index in [0.29, 0.717) is 12.5 Å². The lowest BCUT2D eigenvalue weighted by Gasteiger charge is -2.19. The summed E-state index contributed by atoms with van der Waals surface area (Å²) in [7, 11) is 1.68. The van der Waals surface area contributed by atoms with Crippen molar-refractivity contribution in [2.24, 2.45) is 4.99 Å². The predicted molar refractivity (Wildman–Crippen MR) is 124 cm³/mol. The van der Waals surface area contributed by atoms with Crippen molar-refractivity contribution in [3.8, 4) is 11.4 Å². The van der Waals surface area contributed by atoms with Crippen LogP contribution >= 0.6 is 24.0 Å². The molecular formula is C21H24F2IN5O. The fraction of sp³-hybridized carbons (Fsp3) is 0.238. The summed E-state index contributed by atoms with van der Waals surface area (Å²) in [5.41, 5.74) is 2.06. The van der Waals surface area contributed by atoms with E-state index in [4.69, 9.17) is 4.74 Å². The fourth-order valence-electron chi connectivity index (χ4n) is 2.75. The summed E-state index contributed by atoms with van der Waals surface area (Å²) < 4.78 is 33.3. The quantitative estimate of drug-likeness (QED) is 0.211.